The summed E-state index contributed by atoms with van der Waals surface area (Å²) in [7, 11) is 0. The van der Waals surface area contributed by atoms with Crippen LogP contribution in [0.1, 0.15) is 36.7 Å². The zero-order valence-corrected chi connectivity index (χ0v) is 13.6. The van der Waals surface area contributed by atoms with E-state index in [1.807, 2.05) is 45.9 Å². The minimum Gasteiger partial charge on any atom is -0.444 e. The highest BCUT2D eigenvalue weighted by molar-refractivity contribution is 6.02. The largest absolute Gasteiger partial charge is 0.444 e. The number of amides is 1. The number of rotatable bonds is 2. The first-order valence-electron chi connectivity index (χ1n) is 7.47. The number of Topliss-reactive ketones (excluding diaryl/α,β-unsaturated/α-hetero) is 1. The molecule has 0 radical (unpaired) electrons. The summed E-state index contributed by atoms with van der Waals surface area (Å²) in [6, 6.07) is 6.73. The van der Waals surface area contributed by atoms with Crippen molar-refractivity contribution in [2.75, 3.05) is 19.8 Å². The van der Waals surface area contributed by atoms with Crippen molar-refractivity contribution in [3.63, 3.8) is 0 Å². The summed E-state index contributed by atoms with van der Waals surface area (Å²) in [6.07, 6.45) is -0.470. The molecule has 0 bridgehead atoms. The van der Waals surface area contributed by atoms with Crippen LogP contribution in [0, 0.1) is 6.92 Å². The predicted molar refractivity (Wildman–Crippen MR) is 83.1 cm³/mol. The number of carbonyl (C=O) groups is 2. The SMILES string of the molecule is Cc1ccccc1C(=O)C1COCCN1C(=O)OC(C)(C)C. The summed E-state index contributed by atoms with van der Waals surface area (Å²) in [5.74, 6) is -0.108. The molecule has 5 heteroatoms. The molecule has 22 heavy (non-hydrogen) atoms. The molecule has 1 saturated heterocycles. The zero-order valence-electron chi connectivity index (χ0n) is 13.6. The fourth-order valence-electron chi connectivity index (χ4n) is 2.39. The van der Waals surface area contributed by atoms with E-state index < -0.39 is 17.7 Å². The molecular weight excluding hydrogens is 282 g/mol. The highest BCUT2D eigenvalue weighted by Gasteiger charge is 2.36. The predicted octanol–water partition coefficient (Wildman–Crippen LogP) is 2.81. The maximum absolute atomic E-state index is 12.8. The lowest BCUT2D eigenvalue weighted by Crippen LogP contribution is -2.53. The van der Waals surface area contributed by atoms with Gasteiger partial charge in [-0.1, -0.05) is 24.3 Å². The monoisotopic (exact) mass is 305 g/mol. The van der Waals surface area contributed by atoms with Gasteiger partial charge in [0.05, 0.1) is 13.2 Å². The van der Waals surface area contributed by atoms with E-state index in [-0.39, 0.29) is 12.4 Å². The Bertz CT molecular complexity index is 562. The normalized spacial score (nSPS) is 18.9. The highest BCUT2D eigenvalue weighted by Crippen LogP contribution is 2.19. The van der Waals surface area contributed by atoms with Crippen LogP contribution in [0.4, 0.5) is 4.79 Å². The number of hydrogen-bond donors (Lipinski definition) is 0. The number of aryl methyl sites for hydroxylation is 1. The van der Waals surface area contributed by atoms with Crippen molar-refractivity contribution in [3.05, 3.63) is 35.4 Å². The Kier molecular flexibility index (Phi) is 4.86. The Balaban J connectivity index is 2.21. The smallest absolute Gasteiger partial charge is 0.411 e. The summed E-state index contributed by atoms with van der Waals surface area (Å²) in [5, 5.41) is 0. The third-order valence-corrected chi connectivity index (χ3v) is 3.47. The molecule has 1 aliphatic heterocycles. The zero-order chi connectivity index (χ0) is 16.3. The van der Waals surface area contributed by atoms with E-state index in [0.29, 0.717) is 18.7 Å². The molecular formula is C17H23NO4. The van der Waals surface area contributed by atoms with Gasteiger partial charge < -0.3 is 9.47 Å². The van der Waals surface area contributed by atoms with Gasteiger partial charge in [-0.15, -0.1) is 0 Å². The van der Waals surface area contributed by atoms with E-state index in [1.54, 1.807) is 6.07 Å². The average molecular weight is 305 g/mol. The van der Waals surface area contributed by atoms with Crippen LogP contribution in [-0.2, 0) is 9.47 Å². The summed E-state index contributed by atoms with van der Waals surface area (Å²) in [4.78, 5) is 26.6. The maximum Gasteiger partial charge on any atom is 0.411 e. The minimum atomic E-state index is -0.635. The second-order valence-electron chi connectivity index (χ2n) is 6.44. The molecule has 1 atom stereocenters. The van der Waals surface area contributed by atoms with Gasteiger partial charge in [0.1, 0.15) is 11.6 Å². The molecule has 0 saturated carbocycles. The Morgan fingerprint density at radius 1 is 1.27 bits per heavy atom. The number of ether oxygens (including phenoxy) is 2. The number of ketones is 1. The van der Waals surface area contributed by atoms with Crippen LogP contribution in [0.15, 0.2) is 24.3 Å². The topological polar surface area (TPSA) is 55.8 Å². The summed E-state index contributed by atoms with van der Waals surface area (Å²) in [6.45, 7) is 8.28. The number of hydrogen-bond acceptors (Lipinski definition) is 4. The molecule has 1 amide bonds. The lowest BCUT2D eigenvalue weighted by atomic mass is 9.98. The van der Waals surface area contributed by atoms with Crippen molar-refractivity contribution in [2.24, 2.45) is 0 Å². The molecule has 0 spiro atoms. The first kappa shape index (κ1) is 16.5. The molecule has 0 aromatic heterocycles. The molecule has 0 aliphatic carbocycles. The van der Waals surface area contributed by atoms with Gasteiger partial charge >= 0.3 is 6.09 Å². The summed E-state index contributed by atoms with van der Waals surface area (Å²) in [5.41, 5.74) is 0.917. The van der Waals surface area contributed by atoms with Crippen LogP contribution in [0.2, 0.25) is 0 Å². The Labute approximate surface area is 131 Å². The highest BCUT2D eigenvalue weighted by atomic mass is 16.6. The van der Waals surface area contributed by atoms with Crippen LogP contribution in [0.5, 0.6) is 0 Å². The van der Waals surface area contributed by atoms with Crippen molar-refractivity contribution in [3.8, 4) is 0 Å². The van der Waals surface area contributed by atoms with E-state index in [1.165, 1.54) is 4.90 Å². The van der Waals surface area contributed by atoms with Gasteiger partial charge in [-0.2, -0.15) is 0 Å². The number of carbonyl (C=O) groups excluding carboxylic acids is 2. The van der Waals surface area contributed by atoms with Crippen LogP contribution in [0.25, 0.3) is 0 Å². The van der Waals surface area contributed by atoms with Gasteiger partial charge in [0.25, 0.3) is 0 Å². The second kappa shape index (κ2) is 6.48. The van der Waals surface area contributed by atoms with Crippen molar-refractivity contribution in [2.45, 2.75) is 39.3 Å². The molecule has 1 unspecified atom stereocenters. The van der Waals surface area contributed by atoms with Crippen LogP contribution >= 0.6 is 0 Å². The number of nitrogens with zero attached hydrogens (tertiary/aromatic N) is 1. The Morgan fingerprint density at radius 2 is 1.95 bits per heavy atom. The molecule has 120 valence electrons. The fourth-order valence-corrected chi connectivity index (χ4v) is 2.39. The first-order chi connectivity index (χ1) is 10.3. The molecule has 1 aromatic rings. The lowest BCUT2D eigenvalue weighted by Gasteiger charge is -2.35. The van der Waals surface area contributed by atoms with Crippen molar-refractivity contribution >= 4 is 11.9 Å². The molecule has 5 nitrogen and oxygen atoms in total. The molecule has 0 N–H and O–H groups in total. The average Bonchev–Trinajstić information content (AvgIpc) is 2.45. The lowest BCUT2D eigenvalue weighted by molar-refractivity contribution is -0.0265. The second-order valence-corrected chi connectivity index (χ2v) is 6.44. The van der Waals surface area contributed by atoms with E-state index in [0.717, 1.165) is 5.56 Å². The molecule has 1 heterocycles. The maximum atomic E-state index is 12.8. The minimum absolute atomic E-state index is 0.108. The third-order valence-electron chi connectivity index (χ3n) is 3.47. The first-order valence-corrected chi connectivity index (χ1v) is 7.47. The quantitative estimate of drug-likeness (QED) is 0.788. The van der Waals surface area contributed by atoms with Gasteiger partial charge in [0.15, 0.2) is 5.78 Å². The molecule has 1 aromatic carbocycles. The van der Waals surface area contributed by atoms with Crippen molar-refractivity contribution in [1.82, 2.24) is 4.90 Å². The van der Waals surface area contributed by atoms with E-state index in [4.69, 9.17) is 9.47 Å². The van der Waals surface area contributed by atoms with E-state index in [2.05, 4.69) is 0 Å². The van der Waals surface area contributed by atoms with Crippen LogP contribution < -0.4 is 0 Å². The standard InChI is InChI=1S/C17H23NO4/c1-12-7-5-6-8-13(12)15(19)14-11-21-10-9-18(14)16(20)22-17(2,3)4/h5-8,14H,9-11H2,1-4H3. The number of benzene rings is 1. The van der Waals surface area contributed by atoms with E-state index in [9.17, 15) is 9.59 Å². The van der Waals surface area contributed by atoms with E-state index >= 15 is 0 Å². The van der Waals surface area contributed by atoms with Gasteiger partial charge in [-0.3, -0.25) is 9.69 Å². The van der Waals surface area contributed by atoms with Gasteiger partial charge in [0.2, 0.25) is 0 Å². The number of morpholine rings is 1. The van der Waals surface area contributed by atoms with Gasteiger partial charge in [0, 0.05) is 12.1 Å². The summed E-state index contributed by atoms with van der Waals surface area (Å²) >= 11 is 0. The summed E-state index contributed by atoms with van der Waals surface area (Å²) < 4.78 is 10.8. The Hall–Kier alpha value is -1.88. The molecule has 1 fully saturated rings. The fraction of sp³-hybridized carbons (Fsp3) is 0.529. The third kappa shape index (κ3) is 3.85. The van der Waals surface area contributed by atoms with Crippen molar-refractivity contribution in [1.29, 1.82) is 0 Å². The van der Waals surface area contributed by atoms with Crippen LogP contribution in [-0.4, -0.2) is 48.2 Å². The Morgan fingerprint density at radius 3 is 2.59 bits per heavy atom. The van der Waals surface area contributed by atoms with Gasteiger partial charge in [-0.05, 0) is 33.3 Å². The van der Waals surface area contributed by atoms with Gasteiger partial charge in [-0.25, -0.2) is 4.79 Å². The van der Waals surface area contributed by atoms with Crippen molar-refractivity contribution < 1.29 is 19.1 Å². The molecule has 2 rings (SSSR count). The molecule has 1 aliphatic rings. The van der Waals surface area contributed by atoms with Crippen LogP contribution in [0.3, 0.4) is 0 Å².